The van der Waals surface area contributed by atoms with Gasteiger partial charge in [-0.3, -0.25) is 0 Å². The van der Waals surface area contributed by atoms with Crippen LogP contribution in [0.2, 0.25) is 5.02 Å². The second-order valence-electron chi connectivity index (χ2n) is 4.63. The molecular weight excluding hydrogens is 253 g/mol. The molecule has 102 valence electrons. The SMILES string of the molecule is CCOCC(NCc1cc(F)ccc1Cl)C(C)C. The number of benzene rings is 1. The molecule has 0 spiro atoms. The van der Waals surface area contributed by atoms with Crippen molar-refractivity contribution >= 4 is 11.6 Å². The van der Waals surface area contributed by atoms with E-state index in [0.29, 0.717) is 30.7 Å². The monoisotopic (exact) mass is 273 g/mol. The zero-order valence-corrected chi connectivity index (χ0v) is 11.9. The van der Waals surface area contributed by atoms with E-state index in [4.69, 9.17) is 16.3 Å². The minimum Gasteiger partial charge on any atom is -0.380 e. The van der Waals surface area contributed by atoms with Crippen LogP contribution < -0.4 is 5.32 Å². The first-order valence-corrected chi connectivity index (χ1v) is 6.67. The van der Waals surface area contributed by atoms with Gasteiger partial charge in [0.2, 0.25) is 0 Å². The predicted molar refractivity (Wildman–Crippen MR) is 73.4 cm³/mol. The predicted octanol–water partition coefficient (Wildman–Crippen LogP) is 3.63. The molecule has 1 atom stereocenters. The van der Waals surface area contributed by atoms with Gasteiger partial charge in [0.25, 0.3) is 0 Å². The highest BCUT2D eigenvalue weighted by atomic mass is 35.5. The summed E-state index contributed by atoms with van der Waals surface area (Å²) in [4.78, 5) is 0. The van der Waals surface area contributed by atoms with Crippen LogP contribution in [-0.2, 0) is 11.3 Å². The Morgan fingerprint density at radius 1 is 1.39 bits per heavy atom. The normalized spacial score (nSPS) is 13.0. The van der Waals surface area contributed by atoms with Gasteiger partial charge in [0.05, 0.1) is 6.61 Å². The molecular formula is C14H21ClFNO. The molecule has 0 aromatic heterocycles. The topological polar surface area (TPSA) is 21.3 Å². The number of hydrogen-bond donors (Lipinski definition) is 1. The molecule has 18 heavy (non-hydrogen) atoms. The lowest BCUT2D eigenvalue weighted by Crippen LogP contribution is -2.37. The van der Waals surface area contributed by atoms with E-state index in [1.807, 2.05) is 6.92 Å². The van der Waals surface area contributed by atoms with Crippen molar-refractivity contribution in [2.75, 3.05) is 13.2 Å². The zero-order valence-electron chi connectivity index (χ0n) is 11.2. The van der Waals surface area contributed by atoms with E-state index in [-0.39, 0.29) is 11.9 Å². The minimum absolute atomic E-state index is 0.240. The Morgan fingerprint density at radius 3 is 2.72 bits per heavy atom. The third-order valence-corrected chi connectivity index (χ3v) is 3.24. The molecule has 0 fully saturated rings. The van der Waals surface area contributed by atoms with Crippen molar-refractivity contribution in [3.8, 4) is 0 Å². The van der Waals surface area contributed by atoms with Gasteiger partial charge >= 0.3 is 0 Å². The second-order valence-corrected chi connectivity index (χ2v) is 5.03. The average molecular weight is 274 g/mol. The van der Waals surface area contributed by atoms with Gasteiger partial charge in [-0.2, -0.15) is 0 Å². The van der Waals surface area contributed by atoms with Crippen molar-refractivity contribution in [3.05, 3.63) is 34.6 Å². The highest BCUT2D eigenvalue weighted by Crippen LogP contribution is 2.17. The van der Waals surface area contributed by atoms with Crippen LogP contribution in [0.4, 0.5) is 4.39 Å². The van der Waals surface area contributed by atoms with Crippen LogP contribution in [0, 0.1) is 11.7 Å². The maximum Gasteiger partial charge on any atom is 0.123 e. The largest absolute Gasteiger partial charge is 0.380 e. The van der Waals surface area contributed by atoms with Gasteiger partial charge in [-0.1, -0.05) is 25.4 Å². The fraction of sp³-hybridized carbons (Fsp3) is 0.571. The molecule has 1 aromatic carbocycles. The van der Waals surface area contributed by atoms with Crippen LogP contribution in [0.25, 0.3) is 0 Å². The average Bonchev–Trinajstić information content (AvgIpc) is 2.33. The number of rotatable bonds is 7. The van der Waals surface area contributed by atoms with Crippen molar-refractivity contribution in [2.45, 2.75) is 33.4 Å². The molecule has 0 aliphatic rings. The first-order valence-electron chi connectivity index (χ1n) is 6.29. The third-order valence-electron chi connectivity index (χ3n) is 2.87. The smallest absolute Gasteiger partial charge is 0.123 e. The van der Waals surface area contributed by atoms with Gasteiger partial charge in [0.15, 0.2) is 0 Å². The number of halogens is 2. The Labute approximate surface area is 113 Å². The molecule has 0 aliphatic heterocycles. The van der Waals surface area contributed by atoms with Crippen molar-refractivity contribution in [3.63, 3.8) is 0 Å². The molecule has 1 rings (SSSR count). The van der Waals surface area contributed by atoms with Gasteiger partial charge in [-0.25, -0.2) is 4.39 Å². The summed E-state index contributed by atoms with van der Waals surface area (Å²) in [5.41, 5.74) is 0.777. The van der Waals surface area contributed by atoms with Crippen LogP contribution in [-0.4, -0.2) is 19.3 Å². The first-order chi connectivity index (χ1) is 8.54. The molecule has 1 N–H and O–H groups in total. The fourth-order valence-electron chi connectivity index (χ4n) is 1.65. The summed E-state index contributed by atoms with van der Waals surface area (Å²) in [6.45, 7) is 8.13. The van der Waals surface area contributed by atoms with Gasteiger partial charge in [-0.05, 0) is 36.6 Å². The Kier molecular flexibility index (Phi) is 6.61. The molecule has 0 saturated carbocycles. The molecule has 0 aliphatic carbocycles. The Bertz CT molecular complexity index is 371. The summed E-state index contributed by atoms with van der Waals surface area (Å²) in [6.07, 6.45) is 0. The summed E-state index contributed by atoms with van der Waals surface area (Å²) in [6, 6.07) is 4.66. The molecule has 1 aromatic rings. The third kappa shape index (κ3) is 4.92. The lowest BCUT2D eigenvalue weighted by atomic mass is 10.0. The Hall–Kier alpha value is -0.640. The van der Waals surface area contributed by atoms with E-state index >= 15 is 0 Å². The van der Waals surface area contributed by atoms with E-state index < -0.39 is 0 Å². The fourth-order valence-corrected chi connectivity index (χ4v) is 1.84. The van der Waals surface area contributed by atoms with Crippen LogP contribution in [0.15, 0.2) is 18.2 Å². The summed E-state index contributed by atoms with van der Waals surface area (Å²) >= 11 is 6.03. The molecule has 1 unspecified atom stereocenters. The van der Waals surface area contributed by atoms with Crippen LogP contribution >= 0.6 is 11.6 Å². The molecule has 0 bridgehead atoms. The standard InChI is InChI=1S/C14H21ClFNO/c1-4-18-9-14(10(2)3)17-8-11-7-12(16)5-6-13(11)15/h5-7,10,14,17H,4,8-9H2,1-3H3. The van der Waals surface area contributed by atoms with Gasteiger partial charge in [-0.15, -0.1) is 0 Å². The van der Waals surface area contributed by atoms with Crippen molar-refractivity contribution < 1.29 is 9.13 Å². The molecule has 0 amide bonds. The molecule has 0 saturated heterocycles. The van der Waals surface area contributed by atoms with E-state index in [0.717, 1.165) is 5.56 Å². The maximum atomic E-state index is 13.1. The number of hydrogen-bond acceptors (Lipinski definition) is 2. The van der Waals surface area contributed by atoms with Crippen LogP contribution in [0.3, 0.4) is 0 Å². The number of nitrogens with one attached hydrogen (secondary N) is 1. The summed E-state index contributed by atoms with van der Waals surface area (Å²) in [7, 11) is 0. The van der Waals surface area contributed by atoms with Crippen molar-refractivity contribution in [1.82, 2.24) is 5.32 Å². The van der Waals surface area contributed by atoms with E-state index in [1.165, 1.54) is 12.1 Å². The molecule has 0 heterocycles. The summed E-state index contributed by atoms with van der Waals surface area (Å²) < 4.78 is 18.6. The lowest BCUT2D eigenvalue weighted by molar-refractivity contribution is 0.108. The minimum atomic E-state index is -0.262. The maximum absolute atomic E-state index is 13.1. The quantitative estimate of drug-likeness (QED) is 0.819. The highest BCUT2D eigenvalue weighted by Gasteiger charge is 2.13. The molecule has 4 heteroatoms. The first kappa shape index (κ1) is 15.4. The van der Waals surface area contributed by atoms with E-state index in [9.17, 15) is 4.39 Å². The van der Waals surface area contributed by atoms with Crippen LogP contribution in [0.1, 0.15) is 26.3 Å². The van der Waals surface area contributed by atoms with Gasteiger partial charge in [0, 0.05) is 24.2 Å². The Balaban J connectivity index is 2.58. The summed E-state index contributed by atoms with van der Waals surface area (Å²) in [5.74, 6) is 0.186. The van der Waals surface area contributed by atoms with E-state index in [2.05, 4.69) is 19.2 Å². The second kappa shape index (κ2) is 7.72. The molecule has 2 nitrogen and oxygen atoms in total. The van der Waals surface area contributed by atoms with Crippen molar-refractivity contribution in [1.29, 1.82) is 0 Å². The van der Waals surface area contributed by atoms with Gasteiger partial charge in [0.1, 0.15) is 5.82 Å². The Morgan fingerprint density at radius 2 is 2.11 bits per heavy atom. The lowest BCUT2D eigenvalue weighted by Gasteiger charge is -2.22. The van der Waals surface area contributed by atoms with E-state index in [1.54, 1.807) is 6.07 Å². The zero-order chi connectivity index (χ0) is 13.5. The van der Waals surface area contributed by atoms with Crippen molar-refractivity contribution in [2.24, 2.45) is 5.92 Å². The number of ether oxygens (including phenoxy) is 1. The molecule has 0 radical (unpaired) electrons. The van der Waals surface area contributed by atoms with Gasteiger partial charge < -0.3 is 10.1 Å². The highest BCUT2D eigenvalue weighted by molar-refractivity contribution is 6.31. The van der Waals surface area contributed by atoms with Crippen LogP contribution in [0.5, 0.6) is 0 Å². The summed E-state index contributed by atoms with van der Waals surface area (Å²) in [5, 5.41) is 3.95.